The predicted molar refractivity (Wildman–Crippen MR) is 117 cm³/mol. The highest BCUT2D eigenvalue weighted by atomic mass is 32.1. The van der Waals surface area contributed by atoms with E-state index >= 15 is 0 Å². The average Bonchev–Trinajstić information content (AvgIpc) is 2.66. The summed E-state index contributed by atoms with van der Waals surface area (Å²) in [5.74, 6) is 1.17. The van der Waals surface area contributed by atoms with Gasteiger partial charge in [-0.1, -0.05) is 6.07 Å². The van der Waals surface area contributed by atoms with Crippen LogP contribution in [0.25, 0.3) is 0 Å². The summed E-state index contributed by atoms with van der Waals surface area (Å²) in [5, 5.41) is 7.00. The minimum Gasteiger partial charge on any atom is -0.497 e. The van der Waals surface area contributed by atoms with E-state index in [4.69, 9.17) is 26.4 Å². The Hall–Kier alpha value is -2.80. The monoisotopic (exact) mass is 414 g/mol. The predicted octanol–water partition coefficient (Wildman–Crippen LogP) is 4.46. The molecule has 6 nitrogen and oxygen atoms in total. The van der Waals surface area contributed by atoms with Crippen molar-refractivity contribution in [2.45, 2.75) is 38.8 Å². The number of thiocarbonyl (C=S) groups is 1. The molecule has 0 aliphatic carbocycles. The Morgan fingerprint density at radius 3 is 2.79 bits per heavy atom. The molecule has 0 amide bonds. The van der Waals surface area contributed by atoms with Gasteiger partial charge < -0.3 is 24.8 Å². The zero-order valence-corrected chi connectivity index (χ0v) is 17.9. The van der Waals surface area contributed by atoms with Gasteiger partial charge in [-0.15, -0.1) is 0 Å². The summed E-state index contributed by atoms with van der Waals surface area (Å²) in [5.41, 5.74) is 1.87. The minimum absolute atomic E-state index is 0.0205. The van der Waals surface area contributed by atoms with Gasteiger partial charge in [-0.05, 0) is 63.3 Å². The molecule has 2 N–H and O–H groups in total. The molecule has 0 fully saturated rings. The number of hydrogen-bond acceptors (Lipinski definition) is 5. The van der Waals surface area contributed by atoms with Gasteiger partial charge >= 0.3 is 5.97 Å². The standard InChI is InChI=1S/C22H26N2O4S/c1-5-27-20(25)14-7-6-8-15(11-14)23-21(29)24-18-13-22(2,3)28-19-12-16(26-4)9-10-17(18)19/h6-12,18H,5,13H2,1-4H3,(H2,23,24,29)/t18-/m1/s1. The molecule has 2 aromatic rings. The first-order valence-electron chi connectivity index (χ1n) is 9.53. The number of anilines is 1. The van der Waals surface area contributed by atoms with E-state index in [9.17, 15) is 4.79 Å². The summed E-state index contributed by atoms with van der Waals surface area (Å²) in [6.07, 6.45) is 0.747. The van der Waals surface area contributed by atoms with Crippen LogP contribution in [0.5, 0.6) is 11.5 Å². The van der Waals surface area contributed by atoms with Crippen molar-refractivity contribution in [3.63, 3.8) is 0 Å². The molecule has 0 spiro atoms. The third-order valence-electron chi connectivity index (χ3n) is 4.62. The fourth-order valence-corrected chi connectivity index (χ4v) is 3.61. The SMILES string of the molecule is CCOC(=O)c1cccc(NC(=S)N[C@@H]2CC(C)(C)Oc3cc(OC)ccc32)c1. The molecular formula is C22H26N2O4S. The van der Waals surface area contributed by atoms with Gasteiger partial charge in [0.25, 0.3) is 0 Å². The van der Waals surface area contributed by atoms with Crippen molar-refractivity contribution in [3.8, 4) is 11.5 Å². The van der Waals surface area contributed by atoms with Gasteiger partial charge in [0.1, 0.15) is 17.1 Å². The number of ether oxygens (including phenoxy) is 3. The Kier molecular flexibility index (Phi) is 6.27. The zero-order valence-electron chi connectivity index (χ0n) is 17.1. The van der Waals surface area contributed by atoms with Gasteiger partial charge in [0, 0.05) is 23.7 Å². The van der Waals surface area contributed by atoms with Crippen LogP contribution < -0.4 is 20.1 Å². The molecule has 7 heteroatoms. The van der Waals surface area contributed by atoms with Crippen molar-refractivity contribution < 1.29 is 19.0 Å². The first kappa shape index (κ1) is 20.9. The molecular weight excluding hydrogens is 388 g/mol. The second-order valence-electron chi connectivity index (χ2n) is 7.42. The van der Waals surface area contributed by atoms with Crippen molar-refractivity contribution in [1.82, 2.24) is 5.32 Å². The maximum absolute atomic E-state index is 11.9. The number of carbonyl (C=O) groups is 1. The van der Waals surface area contributed by atoms with Crippen LogP contribution in [-0.4, -0.2) is 30.4 Å². The molecule has 1 aliphatic rings. The van der Waals surface area contributed by atoms with Gasteiger partial charge in [0.2, 0.25) is 0 Å². The van der Waals surface area contributed by atoms with Gasteiger partial charge in [-0.25, -0.2) is 4.79 Å². The molecule has 2 aromatic carbocycles. The Morgan fingerprint density at radius 1 is 1.28 bits per heavy atom. The Bertz CT molecular complexity index is 913. The number of hydrogen-bond donors (Lipinski definition) is 2. The highest BCUT2D eigenvalue weighted by molar-refractivity contribution is 7.80. The highest BCUT2D eigenvalue weighted by Crippen LogP contribution is 2.41. The van der Waals surface area contributed by atoms with Crippen molar-refractivity contribution in [2.24, 2.45) is 0 Å². The number of esters is 1. The fraction of sp³-hybridized carbons (Fsp3) is 0.364. The summed E-state index contributed by atoms with van der Waals surface area (Å²) in [7, 11) is 1.63. The quantitative estimate of drug-likeness (QED) is 0.553. The van der Waals surface area contributed by atoms with Crippen molar-refractivity contribution in [3.05, 3.63) is 53.6 Å². The lowest BCUT2D eigenvalue weighted by molar-refractivity contribution is 0.0526. The number of carbonyl (C=O) groups excluding carboxylic acids is 1. The molecule has 0 radical (unpaired) electrons. The molecule has 0 saturated carbocycles. The first-order valence-corrected chi connectivity index (χ1v) is 9.94. The number of methoxy groups -OCH3 is 1. The van der Waals surface area contributed by atoms with Gasteiger partial charge in [-0.3, -0.25) is 0 Å². The summed E-state index contributed by atoms with van der Waals surface area (Å²) >= 11 is 5.53. The molecule has 29 heavy (non-hydrogen) atoms. The van der Waals surface area contributed by atoms with E-state index in [0.29, 0.717) is 23.0 Å². The van der Waals surface area contributed by atoms with E-state index in [1.165, 1.54) is 0 Å². The summed E-state index contributed by atoms with van der Waals surface area (Å²) < 4.78 is 16.5. The van der Waals surface area contributed by atoms with Crippen LogP contribution in [0.2, 0.25) is 0 Å². The Labute approximate surface area is 176 Å². The second kappa shape index (κ2) is 8.69. The summed E-state index contributed by atoms with van der Waals surface area (Å²) in [6, 6.07) is 12.8. The van der Waals surface area contributed by atoms with E-state index in [1.54, 1.807) is 32.2 Å². The molecule has 0 aromatic heterocycles. The van der Waals surface area contributed by atoms with E-state index in [1.807, 2.05) is 38.1 Å². The Morgan fingerprint density at radius 2 is 2.07 bits per heavy atom. The number of rotatable bonds is 5. The van der Waals surface area contributed by atoms with Crippen LogP contribution in [0.4, 0.5) is 5.69 Å². The maximum Gasteiger partial charge on any atom is 0.338 e. The lowest BCUT2D eigenvalue weighted by atomic mass is 9.89. The molecule has 1 aliphatic heterocycles. The van der Waals surface area contributed by atoms with Crippen LogP contribution in [0.3, 0.4) is 0 Å². The van der Waals surface area contributed by atoms with E-state index in [0.717, 1.165) is 23.5 Å². The van der Waals surface area contributed by atoms with Crippen LogP contribution in [0.1, 0.15) is 49.2 Å². The number of fused-ring (bicyclic) bond motifs is 1. The molecule has 0 bridgehead atoms. The maximum atomic E-state index is 11.9. The molecule has 1 heterocycles. The molecule has 154 valence electrons. The fourth-order valence-electron chi connectivity index (χ4n) is 3.35. The smallest absolute Gasteiger partial charge is 0.338 e. The van der Waals surface area contributed by atoms with Gasteiger partial charge in [-0.2, -0.15) is 0 Å². The largest absolute Gasteiger partial charge is 0.497 e. The lowest BCUT2D eigenvalue weighted by Crippen LogP contribution is -2.42. The third kappa shape index (κ3) is 5.17. The van der Waals surface area contributed by atoms with Crippen LogP contribution in [-0.2, 0) is 4.74 Å². The van der Waals surface area contributed by atoms with Crippen molar-refractivity contribution in [2.75, 3.05) is 19.0 Å². The van der Waals surface area contributed by atoms with Gasteiger partial charge in [0.05, 0.1) is 25.3 Å². The van der Waals surface area contributed by atoms with Crippen molar-refractivity contribution in [1.29, 1.82) is 0 Å². The molecule has 0 unspecified atom stereocenters. The first-order chi connectivity index (χ1) is 13.8. The van der Waals surface area contributed by atoms with E-state index in [2.05, 4.69) is 10.6 Å². The number of nitrogens with one attached hydrogen (secondary N) is 2. The lowest BCUT2D eigenvalue weighted by Gasteiger charge is -2.38. The van der Waals surface area contributed by atoms with Gasteiger partial charge in [0.15, 0.2) is 5.11 Å². The molecule has 0 saturated heterocycles. The van der Waals surface area contributed by atoms with Crippen LogP contribution >= 0.6 is 12.2 Å². The minimum atomic E-state index is -0.357. The Balaban J connectivity index is 1.74. The highest BCUT2D eigenvalue weighted by Gasteiger charge is 2.34. The van der Waals surface area contributed by atoms with Crippen LogP contribution in [0.15, 0.2) is 42.5 Å². The van der Waals surface area contributed by atoms with E-state index in [-0.39, 0.29) is 17.6 Å². The zero-order chi connectivity index (χ0) is 21.0. The van der Waals surface area contributed by atoms with E-state index < -0.39 is 0 Å². The topological polar surface area (TPSA) is 68.8 Å². The van der Waals surface area contributed by atoms with Crippen LogP contribution in [0, 0.1) is 0 Å². The molecule has 3 rings (SSSR count). The second-order valence-corrected chi connectivity index (χ2v) is 7.83. The average molecular weight is 415 g/mol. The van der Waals surface area contributed by atoms with Crippen molar-refractivity contribution >= 4 is 29.0 Å². The normalized spacial score (nSPS) is 16.8. The third-order valence-corrected chi connectivity index (χ3v) is 4.83. The molecule has 1 atom stereocenters. The summed E-state index contributed by atoms with van der Waals surface area (Å²) in [4.78, 5) is 11.9. The number of benzene rings is 2. The summed E-state index contributed by atoms with van der Waals surface area (Å²) in [6.45, 7) is 6.20.